The number of hydrogen-bond acceptors (Lipinski definition) is 7. The first-order chi connectivity index (χ1) is 17.5. The van der Waals surface area contributed by atoms with Crippen molar-refractivity contribution in [2.45, 2.75) is 47.0 Å². The van der Waals surface area contributed by atoms with Crippen LogP contribution in [0.3, 0.4) is 0 Å². The Balaban J connectivity index is 4.63. The Morgan fingerprint density at radius 2 is 0.711 bits per heavy atom. The molecule has 0 heterocycles. The van der Waals surface area contributed by atoms with Crippen molar-refractivity contribution < 1.29 is 33.6 Å². The van der Waals surface area contributed by atoms with Crippen LogP contribution in [0.2, 0.25) is 0 Å². The molecule has 0 fully saturated rings. The van der Waals surface area contributed by atoms with Crippen LogP contribution in [-0.2, 0) is 33.6 Å². The van der Waals surface area contributed by atoms with Gasteiger partial charge in [-0.05, 0) is 6.42 Å². The van der Waals surface area contributed by atoms with E-state index in [-0.39, 0.29) is 68.5 Å². The summed E-state index contributed by atoms with van der Waals surface area (Å²) in [6, 6.07) is 0. The molecule has 12 nitrogen and oxygen atoms in total. The topological polar surface area (TPSA) is 136 Å². The molecule has 0 saturated carbocycles. The number of Topliss-reactive ketones (excluding diaryl/α,β-unsaturated/α-hetero) is 2. The molecular formula is C26H45N5O7. The number of amides is 5. The van der Waals surface area contributed by atoms with Crippen LogP contribution in [0.25, 0.3) is 0 Å². The van der Waals surface area contributed by atoms with Crippen LogP contribution in [0.4, 0.5) is 0 Å². The first kappa shape index (κ1) is 34.7. The molecule has 0 spiro atoms. The number of carbonyl (C=O) groups is 7. The second-order valence-electron chi connectivity index (χ2n) is 10.3. The molecule has 0 aliphatic heterocycles. The standard InChI is InChI=1S/C26H45N5O7/c1-18(2)20(32)11-10-12-22(34)28(6)14-24(36)30(8)16-26(38)31(9)17-25(37)29(7)15-23(35)27(5)13-21(33)19(3)4/h18-19H,10-17H2,1-9H3. The quantitative estimate of drug-likeness (QED) is 0.267. The second-order valence-corrected chi connectivity index (χ2v) is 10.3. The third-order valence-corrected chi connectivity index (χ3v) is 6.11. The fraction of sp³-hybridized carbons (Fsp3) is 0.731. The third-order valence-electron chi connectivity index (χ3n) is 6.11. The van der Waals surface area contributed by atoms with Crippen molar-refractivity contribution in [3.05, 3.63) is 0 Å². The zero-order chi connectivity index (χ0) is 29.7. The lowest BCUT2D eigenvalue weighted by molar-refractivity contribution is -0.145. The van der Waals surface area contributed by atoms with Gasteiger partial charge in [0.2, 0.25) is 29.5 Å². The van der Waals surface area contributed by atoms with Crippen molar-refractivity contribution in [1.82, 2.24) is 24.5 Å². The van der Waals surface area contributed by atoms with E-state index in [1.54, 1.807) is 27.7 Å². The molecule has 0 aliphatic rings. The fourth-order valence-corrected chi connectivity index (χ4v) is 3.04. The molecule has 38 heavy (non-hydrogen) atoms. The molecule has 0 aromatic carbocycles. The molecule has 0 atom stereocenters. The highest BCUT2D eigenvalue weighted by Crippen LogP contribution is 2.06. The molecule has 12 heteroatoms. The molecule has 0 unspecified atom stereocenters. The van der Waals surface area contributed by atoms with Crippen molar-refractivity contribution in [2.24, 2.45) is 11.8 Å². The maximum atomic E-state index is 12.5. The van der Waals surface area contributed by atoms with Gasteiger partial charge in [0, 0.05) is 59.9 Å². The molecule has 0 bridgehead atoms. The van der Waals surface area contributed by atoms with E-state index >= 15 is 0 Å². The Hall–Kier alpha value is -3.31. The first-order valence-corrected chi connectivity index (χ1v) is 12.7. The van der Waals surface area contributed by atoms with Gasteiger partial charge in [-0.1, -0.05) is 27.7 Å². The van der Waals surface area contributed by atoms with Crippen molar-refractivity contribution in [3.8, 4) is 0 Å². The summed E-state index contributed by atoms with van der Waals surface area (Å²) in [5.74, 6) is -2.39. The molecule has 0 aromatic heterocycles. The maximum absolute atomic E-state index is 12.5. The monoisotopic (exact) mass is 539 g/mol. The SMILES string of the molecule is CC(C)C(=O)CCCC(=O)N(C)CC(=O)N(C)CC(=O)N(C)CC(=O)N(C)CC(=O)N(C)CC(=O)C(C)C. The summed E-state index contributed by atoms with van der Waals surface area (Å²) < 4.78 is 0. The Labute approximate surface area is 226 Å². The van der Waals surface area contributed by atoms with Gasteiger partial charge in [0.15, 0.2) is 5.78 Å². The average molecular weight is 540 g/mol. The predicted octanol–water partition coefficient (Wildman–Crippen LogP) is -0.101. The largest absolute Gasteiger partial charge is 0.337 e. The molecule has 0 aromatic rings. The minimum Gasteiger partial charge on any atom is -0.337 e. The van der Waals surface area contributed by atoms with Crippen molar-refractivity contribution in [1.29, 1.82) is 0 Å². The number of ketones is 2. The van der Waals surface area contributed by atoms with E-state index in [1.807, 2.05) is 0 Å². The Bertz CT molecular complexity index is 887. The molecule has 0 saturated heterocycles. The minimum absolute atomic E-state index is 0.0458. The fourth-order valence-electron chi connectivity index (χ4n) is 3.04. The molecular weight excluding hydrogens is 494 g/mol. The number of rotatable bonds is 16. The van der Waals surface area contributed by atoms with E-state index in [9.17, 15) is 33.6 Å². The van der Waals surface area contributed by atoms with Crippen LogP contribution in [-0.4, -0.2) is 134 Å². The van der Waals surface area contributed by atoms with E-state index in [4.69, 9.17) is 0 Å². The Kier molecular flexibility index (Phi) is 15.1. The highest BCUT2D eigenvalue weighted by Gasteiger charge is 2.23. The zero-order valence-corrected chi connectivity index (χ0v) is 24.4. The summed E-state index contributed by atoms with van der Waals surface area (Å²) in [4.78, 5) is 91.6. The van der Waals surface area contributed by atoms with Gasteiger partial charge in [-0.25, -0.2) is 0 Å². The van der Waals surface area contributed by atoms with Crippen LogP contribution in [0.1, 0.15) is 47.0 Å². The number of carbonyl (C=O) groups excluding carboxylic acids is 7. The van der Waals surface area contributed by atoms with Crippen LogP contribution in [0.5, 0.6) is 0 Å². The van der Waals surface area contributed by atoms with Crippen molar-refractivity contribution >= 4 is 41.1 Å². The normalized spacial score (nSPS) is 10.7. The number of likely N-dealkylation sites (N-methyl/N-ethyl adjacent to an activating group) is 5. The molecule has 5 amide bonds. The maximum Gasteiger partial charge on any atom is 0.242 e. The highest BCUT2D eigenvalue weighted by atomic mass is 16.2. The van der Waals surface area contributed by atoms with Gasteiger partial charge in [-0.15, -0.1) is 0 Å². The lowest BCUT2D eigenvalue weighted by Gasteiger charge is -2.26. The van der Waals surface area contributed by atoms with Gasteiger partial charge in [0.25, 0.3) is 0 Å². The summed E-state index contributed by atoms with van der Waals surface area (Å²) in [5.41, 5.74) is 0. The third kappa shape index (κ3) is 12.8. The van der Waals surface area contributed by atoms with Gasteiger partial charge in [0.1, 0.15) is 5.78 Å². The molecule has 216 valence electrons. The summed E-state index contributed by atoms with van der Waals surface area (Å²) in [7, 11) is 7.24. The van der Waals surface area contributed by atoms with E-state index in [2.05, 4.69) is 0 Å². The molecule has 0 rings (SSSR count). The number of hydrogen-bond donors (Lipinski definition) is 0. The molecule has 0 N–H and O–H groups in total. The zero-order valence-electron chi connectivity index (χ0n) is 24.4. The smallest absolute Gasteiger partial charge is 0.242 e. The second kappa shape index (κ2) is 16.5. The van der Waals surface area contributed by atoms with Crippen LogP contribution in [0, 0.1) is 11.8 Å². The first-order valence-electron chi connectivity index (χ1n) is 12.7. The lowest BCUT2D eigenvalue weighted by atomic mass is 10.0. The Morgan fingerprint density at radius 1 is 0.421 bits per heavy atom. The molecule has 0 aliphatic carbocycles. The number of nitrogens with zero attached hydrogens (tertiary/aromatic N) is 5. The average Bonchev–Trinajstić information content (AvgIpc) is 2.82. The van der Waals surface area contributed by atoms with Crippen LogP contribution in [0.15, 0.2) is 0 Å². The van der Waals surface area contributed by atoms with E-state index < -0.39 is 23.6 Å². The predicted molar refractivity (Wildman–Crippen MR) is 142 cm³/mol. The lowest BCUT2D eigenvalue weighted by Crippen LogP contribution is -2.47. The summed E-state index contributed by atoms with van der Waals surface area (Å²) in [6.45, 7) is 5.99. The van der Waals surface area contributed by atoms with Gasteiger partial charge in [-0.3, -0.25) is 33.6 Å². The van der Waals surface area contributed by atoms with E-state index in [0.717, 1.165) is 4.90 Å². The van der Waals surface area contributed by atoms with Gasteiger partial charge in [-0.2, -0.15) is 0 Å². The molecule has 0 radical (unpaired) electrons. The summed E-state index contributed by atoms with van der Waals surface area (Å²) in [6.07, 6.45) is 0.867. The van der Waals surface area contributed by atoms with E-state index in [1.165, 1.54) is 54.8 Å². The van der Waals surface area contributed by atoms with Crippen molar-refractivity contribution in [2.75, 3.05) is 68.0 Å². The summed E-state index contributed by atoms with van der Waals surface area (Å²) in [5, 5.41) is 0. The van der Waals surface area contributed by atoms with E-state index in [0.29, 0.717) is 12.8 Å². The van der Waals surface area contributed by atoms with Gasteiger partial charge >= 0.3 is 0 Å². The van der Waals surface area contributed by atoms with Gasteiger partial charge in [0.05, 0.1) is 32.7 Å². The Morgan fingerprint density at radius 3 is 1.03 bits per heavy atom. The van der Waals surface area contributed by atoms with Gasteiger partial charge < -0.3 is 24.5 Å². The van der Waals surface area contributed by atoms with Crippen LogP contribution >= 0.6 is 0 Å². The van der Waals surface area contributed by atoms with Crippen molar-refractivity contribution in [3.63, 3.8) is 0 Å². The van der Waals surface area contributed by atoms with Crippen LogP contribution < -0.4 is 0 Å². The minimum atomic E-state index is -0.491. The highest BCUT2D eigenvalue weighted by molar-refractivity contribution is 5.92. The summed E-state index contributed by atoms with van der Waals surface area (Å²) >= 11 is 0.